The molecule has 0 saturated heterocycles. The van der Waals surface area contributed by atoms with Crippen molar-refractivity contribution in [1.29, 1.82) is 0 Å². The lowest BCUT2D eigenvalue weighted by molar-refractivity contribution is -0.118. The Kier molecular flexibility index (Phi) is 2.38. The van der Waals surface area contributed by atoms with Crippen LogP contribution in [0, 0.1) is 5.92 Å². The second kappa shape index (κ2) is 3.52. The molecule has 0 amide bonds. The van der Waals surface area contributed by atoms with Crippen molar-refractivity contribution in [2.75, 3.05) is 6.61 Å². The zero-order chi connectivity index (χ0) is 9.26. The summed E-state index contributed by atoms with van der Waals surface area (Å²) in [5.74, 6) is 1.48. The summed E-state index contributed by atoms with van der Waals surface area (Å²) in [5.41, 5.74) is 1.32. The Morgan fingerprint density at radius 1 is 1.54 bits per heavy atom. The van der Waals surface area contributed by atoms with Crippen molar-refractivity contribution >= 4 is 5.78 Å². The van der Waals surface area contributed by atoms with Gasteiger partial charge in [0, 0.05) is 6.42 Å². The summed E-state index contributed by atoms with van der Waals surface area (Å²) in [5, 5.41) is 0. The number of allylic oxidation sites excluding steroid dienone is 2. The molecule has 0 aromatic carbocycles. The van der Waals surface area contributed by atoms with Crippen molar-refractivity contribution in [3.05, 3.63) is 11.3 Å². The second-order valence-corrected chi connectivity index (χ2v) is 3.92. The molecular weight excluding hydrogens is 164 g/mol. The fourth-order valence-electron chi connectivity index (χ4n) is 2.36. The number of rotatable bonds is 2. The van der Waals surface area contributed by atoms with Crippen LogP contribution in [-0.4, -0.2) is 12.4 Å². The van der Waals surface area contributed by atoms with Crippen molar-refractivity contribution < 1.29 is 9.53 Å². The summed E-state index contributed by atoms with van der Waals surface area (Å²) < 4.78 is 5.42. The Morgan fingerprint density at radius 3 is 3.15 bits per heavy atom. The van der Waals surface area contributed by atoms with E-state index in [-0.39, 0.29) is 5.78 Å². The molecule has 2 nitrogen and oxygen atoms in total. The zero-order valence-corrected chi connectivity index (χ0v) is 8.14. The van der Waals surface area contributed by atoms with Gasteiger partial charge in [0.2, 0.25) is 0 Å². The molecule has 0 aromatic heterocycles. The standard InChI is InChI=1S/C11H16O2/c1-2-4-8-7-10(12)11-9(8)5-3-6-13-11/h8H,2-7H2,1H3. The van der Waals surface area contributed by atoms with Gasteiger partial charge in [0.15, 0.2) is 11.5 Å². The van der Waals surface area contributed by atoms with Crippen molar-refractivity contribution in [2.24, 2.45) is 5.92 Å². The van der Waals surface area contributed by atoms with Crippen LogP contribution in [0.25, 0.3) is 0 Å². The van der Waals surface area contributed by atoms with Crippen LogP contribution in [-0.2, 0) is 9.53 Å². The van der Waals surface area contributed by atoms with E-state index in [0.29, 0.717) is 12.3 Å². The molecule has 0 bridgehead atoms. The van der Waals surface area contributed by atoms with Crippen LogP contribution >= 0.6 is 0 Å². The molecule has 2 rings (SSSR count). The van der Waals surface area contributed by atoms with Gasteiger partial charge in [0.05, 0.1) is 6.61 Å². The number of hydrogen-bond donors (Lipinski definition) is 0. The zero-order valence-electron chi connectivity index (χ0n) is 8.14. The number of carbonyl (C=O) groups is 1. The van der Waals surface area contributed by atoms with Gasteiger partial charge in [-0.1, -0.05) is 13.3 Å². The van der Waals surface area contributed by atoms with E-state index in [1.54, 1.807) is 0 Å². The third kappa shape index (κ3) is 1.50. The Morgan fingerprint density at radius 2 is 2.38 bits per heavy atom. The maximum Gasteiger partial charge on any atom is 0.197 e. The van der Waals surface area contributed by atoms with Gasteiger partial charge in [-0.25, -0.2) is 0 Å². The van der Waals surface area contributed by atoms with Crippen LogP contribution in [0.5, 0.6) is 0 Å². The van der Waals surface area contributed by atoms with Crippen LogP contribution < -0.4 is 0 Å². The molecule has 1 aliphatic carbocycles. The normalized spacial score (nSPS) is 27.5. The average Bonchev–Trinajstić information content (AvgIpc) is 2.46. The van der Waals surface area contributed by atoms with Crippen molar-refractivity contribution in [2.45, 2.75) is 39.0 Å². The summed E-state index contributed by atoms with van der Waals surface area (Å²) in [6, 6.07) is 0. The van der Waals surface area contributed by atoms with Gasteiger partial charge in [-0.05, 0) is 30.8 Å². The molecule has 1 heterocycles. The van der Waals surface area contributed by atoms with Crippen molar-refractivity contribution in [3.63, 3.8) is 0 Å². The lowest BCUT2D eigenvalue weighted by Gasteiger charge is -2.18. The highest BCUT2D eigenvalue weighted by atomic mass is 16.5. The number of ether oxygens (including phenoxy) is 1. The summed E-state index contributed by atoms with van der Waals surface area (Å²) in [7, 11) is 0. The first-order valence-electron chi connectivity index (χ1n) is 5.22. The van der Waals surface area contributed by atoms with Gasteiger partial charge in [0.25, 0.3) is 0 Å². The SMILES string of the molecule is CCCC1CC(=O)C2=C1CCCO2. The highest BCUT2D eigenvalue weighted by Gasteiger charge is 2.34. The van der Waals surface area contributed by atoms with Gasteiger partial charge in [-0.15, -0.1) is 0 Å². The van der Waals surface area contributed by atoms with Crippen molar-refractivity contribution in [3.8, 4) is 0 Å². The van der Waals surface area contributed by atoms with Gasteiger partial charge >= 0.3 is 0 Å². The molecule has 1 unspecified atom stereocenters. The number of carbonyl (C=O) groups excluding carboxylic acids is 1. The number of hydrogen-bond acceptors (Lipinski definition) is 2. The summed E-state index contributed by atoms with van der Waals surface area (Å²) in [6.45, 7) is 2.91. The fraction of sp³-hybridized carbons (Fsp3) is 0.727. The fourth-order valence-corrected chi connectivity index (χ4v) is 2.36. The Hall–Kier alpha value is -0.790. The summed E-state index contributed by atoms with van der Waals surface area (Å²) in [4.78, 5) is 11.5. The Bertz CT molecular complexity index is 253. The third-order valence-corrected chi connectivity index (χ3v) is 2.94. The van der Waals surface area contributed by atoms with Crippen LogP contribution in [0.4, 0.5) is 0 Å². The van der Waals surface area contributed by atoms with E-state index in [2.05, 4.69) is 6.92 Å². The molecule has 0 spiro atoms. The highest BCUT2D eigenvalue weighted by molar-refractivity contribution is 5.97. The first-order chi connectivity index (χ1) is 6.33. The van der Waals surface area contributed by atoms with E-state index < -0.39 is 0 Å². The lowest BCUT2D eigenvalue weighted by Crippen LogP contribution is -2.08. The van der Waals surface area contributed by atoms with Crippen LogP contribution in [0.3, 0.4) is 0 Å². The minimum Gasteiger partial charge on any atom is -0.490 e. The molecule has 0 N–H and O–H groups in total. The molecule has 0 radical (unpaired) electrons. The van der Waals surface area contributed by atoms with E-state index in [1.165, 1.54) is 5.57 Å². The third-order valence-electron chi connectivity index (χ3n) is 2.94. The van der Waals surface area contributed by atoms with Crippen molar-refractivity contribution in [1.82, 2.24) is 0 Å². The molecule has 72 valence electrons. The van der Waals surface area contributed by atoms with E-state index in [0.717, 1.165) is 38.0 Å². The minimum absolute atomic E-state index is 0.244. The smallest absolute Gasteiger partial charge is 0.197 e. The van der Waals surface area contributed by atoms with E-state index in [9.17, 15) is 4.79 Å². The van der Waals surface area contributed by atoms with Crippen LogP contribution in [0.15, 0.2) is 11.3 Å². The molecule has 1 atom stereocenters. The van der Waals surface area contributed by atoms with Gasteiger partial charge in [-0.2, -0.15) is 0 Å². The number of Topliss-reactive ketones (excluding diaryl/α,β-unsaturated/α-hetero) is 1. The lowest BCUT2D eigenvalue weighted by atomic mass is 9.93. The maximum absolute atomic E-state index is 11.5. The van der Waals surface area contributed by atoms with Gasteiger partial charge < -0.3 is 4.74 Å². The molecule has 2 aliphatic rings. The molecule has 0 fully saturated rings. The second-order valence-electron chi connectivity index (χ2n) is 3.92. The topological polar surface area (TPSA) is 26.3 Å². The first kappa shape index (κ1) is 8.79. The van der Waals surface area contributed by atoms with E-state index >= 15 is 0 Å². The van der Waals surface area contributed by atoms with Crippen LogP contribution in [0.2, 0.25) is 0 Å². The average molecular weight is 180 g/mol. The van der Waals surface area contributed by atoms with Gasteiger partial charge in [-0.3, -0.25) is 4.79 Å². The number of ketones is 1. The molecule has 13 heavy (non-hydrogen) atoms. The Labute approximate surface area is 79.0 Å². The first-order valence-corrected chi connectivity index (χ1v) is 5.22. The quantitative estimate of drug-likeness (QED) is 0.652. The molecule has 0 saturated carbocycles. The van der Waals surface area contributed by atoms with Crippen LogP contribution in [0.1, 0.15) is 39.0 Å². The predicted molar refractivity (Wildman–Crippen MR) is 50.2 cm³/mol. The highest BCUT2D eigenvalue weighted by Crippen LogP contribution is 2.38. The van der Waals surface area contributed by atoms with Gasteiger partial charge in [0.1, 0.15) is 0 Å². The maximum atomic E-state index is 11.5. The van der Waals surface area contributed by atoms with E-state index in [4.69, 9.17) is 4.74 Å². The predicted octanol–water partition coefficient (Wildman–Crippen LogP) is 2.44. The molecule has 1 aliphatic heterocycles. The summed E-state index contributed by atoms with van der Waals surface area (Å²) in [6.07, 6.45) is 5.19. The Balaban J connectivity index is 2.18. The molecular formula is C11H16O2. The molecule has 2 heteroatoms. The monoisotopic (exact) mass is 180 g/mol. The minimum atomic E-state index is 0.244. The van der Waals surface area contributed by atoms with E-state index in [1.807, 2.05) is 0 Å². The largest absolute Gasteiger partial charge is 0.490 e. The molecule has 0 aromatic rings. The summed E-state index contributed by atoms with van der Waals surface area (Å²) >= 11 is 0.